The standard InChI is InChI=1S/C10H14N2O3/c1-6-4-7(12-15-6)5-11-9-3-2-8(9)10(13)14/h4,8-9,11H,2-3,5H2,1H3,(H,13,14). The van der Waals surface area contributed by atoms with E-state index in [1.165, 1.54) is 0 Å². The van der Waals surface area contributed by atoms with Crippen LogP contribution in [-0.4, -0.2) is 22.3 Å². The molecule has 1 aliphatic carbocycles. The van der Waals surface area contributed by atoms with Gasteiger partial charge in [-0.2, -0.15) is 0 Å². The second kappa shape index (κ2) is 4.02. The fourth-order valence-electron chi connectivity index (χ4n) is 1.78. The molecule has 0 amide bonds. The van der Waals surface area contributed by atoms with Crippen molar-refractivity contribution in [3.8, 4) is 0 Å². The Kier molecular flexibility index (Phi) is 2.73. The molecule has 2 rings (SSSR count). The van der Waals surface area contributed by atoms with Crippen molar-refractivity contribution in [1.82, 2.24) is 10.5 Å². The summed E-state index contributed by atoms with van der Waals surface area (Å²) in [7, 11) is 0. The second-order valence-corrected chi connectivity index (χ2v) is 3.94. The van der Waals surface area contributed by atoms with E-state index < -0.39 is 5.97 Å². The van der Waals surface area contributed by atoms with Gasteiger partial charge < -0.3 is 14.9 Å². The summed E-state index contributed by atoms with van der Waals surface area (Å²) in [4.78, 5) is 10.7. The molecule has 1 heterocycles. The van der Waals surface area contributed by atoms with Crippen molar-refractivity contribution >= 4 is 5.97 Å². The van der Waals surface area contributed by atoms with Gasteiger partial charge in [-0.05, 0) is 19.8 Å². The molecule has 2 N–H and O–H groups in total. The average Bonchev–Trinajstić information content (AvgIpc) is 2.48. The number of carboxylic acid groups (broad SMARTS) is 1. The third kappa shape index (κ3) is 2.18. The summed E-state index contributed by atoms with van der Waals surface area (Å²) >= 11 is 0. The zero-order chi connectivity index (χ0) is 10.8. The highest BCUT2D eigenvalue weighted by Crippen LogP contribution is 2.27. The summed E-state index contributed by atoms with van der Waals surface area (Å²) in [5, 5.41) is 15.8. The Balaban J connectivity index is 1.81. The second-order valence-electron chi connectivity index (χ2n) is 3.94. The Morgan fingerprint density at radius 2 is 2.53 bits per heavy atom. The van der Waals surface area contributed by atoms with E-state index in [4.69, 9.17) is 9.63 Å². The fourth-order valence-corrected chi connectivity index (χ4v) is 1.78. The minimum absolute atomic E-state index is 0.0829. The maximum Gasteiger partial charge on any atom is 0.308 e. The van der Waals surface area contributed by atoms with Crippen LogP contribution in [0.5, 0.6) is 0 Å². The monoisotopic (exact) mass is 210 g/mol. The number of carboxylic acids is 1. The van der Waals surface area contributed by atoms with Crippen LogP contribution in [-0.2, 0) is 11.3 Å². The average molecular weight is 210 g/mol. The fraction of sp³-hybridized carbons (Fsp3) is 0.600. The minimum atomic E-state index is -0.713. The van der Waals surface area contributed by atoms with Gasteiger partial charge in [0, 0.05) is 18.7 Å². The number of nitrogens with zero attached hydrogens (tertiary/aromatic N) is 1. The van der Waals surface area contributed by atoms with Crippen molar-refractivity contribution in [1.29, 1.82) is 0 Å². The van der Waals surface area contributed by atoms with Gasteiger partial charge in [0.05, 0.1) is 11.6 Å². The predicted molar refractivity (Wildman–Crippen MR) is 52.2 cm³/mol. The lowest BCUT2D eigenvalue weighted by molar-refractivity contribution is -0.146. The topological polar surface area (TPSA) is 75.4 Å². The van der Waals surface area contributed by atoms with Crippen molar-refractivity contribution in [2.45, 2.75) is 32.4 Å². The third-order valence-corrected chi connectivity index (χ3v) is 2.81. The van der Waals surface area contributed by atoms with Crippen LogP contribution in [0.3, 0.4) is 0 Å². The molecule has 0 aromatic carbocycles. The molecule has 1 aliphatic rings. The Hall–Kier alpha value is -1.36. The minimum Gasteiger partial charge on any atom is -0.481 e. The summed E-state index contributed by atoms with van der Waals surface area (Å²) in [6.45, 7) is 2.41. The molecule has 2 unspecified atom stereocenters. The molecule has 0 bridgehead atoms. The maximum absolute atomic E-state index is 10.7. The van der Waals surface area contributed by atoms with E-state index in [0.717, 1.165) is 24.3 Å². The summed E-state index contributed by atoms with van der Waals surface area (Å²) < 4.78 is 4.92. The molecule has 0 radical (unpaired) electrons. The Morgan fingerprint density at radius 3 is 3.00 bits per heavy atom. The van der Waals surface area contributed by atoms with Gasteiger partial charge in [-0.3, -0.25) is 4.79 Å². The lowest BCUT2D eigenvalue weighted by Gasteiger charge is -2.33. The van der Waals surface area contributed by atoms with Gasteiger partial charge in [0.15, 0.2) is 0 Å². The molecule has 1 aromatic rings. The molecule has 1 aromatic heterocycles. The summed E-state index contributed by atoms with van der Waals surface area (Å²) in [5.41, 5.74) is 0.823. The third-order valence-electron chi connectivity index (χ3n) is 2.81. The van der Waals surface area contributed by atoms with Crippen LogP contribution in [0.4, 0.5) is 0 Å². The summed E-state index contributed by atoms with van der Waals surface area (Å²) in [6.07, 6.45) is 1.69. The largest absolute Gasteiger partial charge is 0.481 e. The summed E-state index contributed by atoms with van der Waals surface area (Å²) in [5.74, 6) is -0.178. The lowest BCUT2D eigenvalue weighted by Crippen LogP contribution is -2.47. The van der Waals surface area contributed by atoms with Crippen molar-refractivity contribution in [2.24, 2.45) is 5.92 Å². The van der Waals surface area contributed by atoms with E-state index in [-0.39, 0.29) is 12.0 Å². The molecule has 5 heteroatoms. The molecule has 1 saturated carbocycles. The number of nitrogens with one attached hydrogen (secondary N) is 1. The normalized spacial score (nSPS) is 24.9. The molecule has 0 aliphatic heterocycles. The van der Waals surface area contributed by atoms with Crippen LogP contribution in [0.1, 0.15) is 24.3 Å². The number of aryl methyl sites for hydroxylation is 1. The van der Waals surface area contributed by atoms with E-state index in [9.17, 15) is 4.79 Å². The number of aliphatic carboxylic acids is 1. The quantitative estimate of drug-likeness (QED) is 0.773. The first-order valence-corrected chi connectivity index (χ1v) is 5.05. The van der Waals surface area contributed by atoms with Crippen LogP contribution in [0.15, 0.2) is 10.6 Å². The van der Waals surface area contributed by atoms with Gasteiger partial charge in [-0.25, -0.2) is 0 Å². The highest BCUT2D eigenvalue weighted by atomic mass is 16.5. The van der Waals surface area contributed by atoms with Gasteiger partial charge >= 0.3 is 5.97 Å². The van der Waals surface area contributed by atoms with E-state index in [0.29, 0.717) is 6.54 Å². The maximum atomic E-state index is 10.7. The molecule has 0 spiro atoms. The van der Waals surface area contributed by atoms with Crippen molar-refractivity contribution in [3.63, 3.8) is 0 Å². The van der Waals surface area contributed by atoms with Gasteiger partial charge in [0.25, 0.3) is 0 Å². The van der Waals surface area contributed by atoms with Crippen molar-refractivity contribution in [2.75, 3.05) is 0 Å². The number of carbonyl (C=O) groups is 1. The lowest BCUT2D eigenvalue weighted by atomic mass is 9.79. The van der Waals surface area contributed by atoms with Crippen LogP contribution < -0.4 is 5.32 Å². The van der Waals surface area contributed by atoms with E-state index in [1.54, 1.807) is 0 Å². The number of rotatable bonds is 4. The van der Waals surface area contributed by atoms with E-state index >= 15 is 0 Å². The van der Waals surface area contributed by atoms with E-state index in [2.05, 4.69) is 10.5 Å². The van der Waals surface area contributed by atoms with Crippen LogP contribution in [0.25, 0.3) is 0 Å². The van der Waals surface area contributed by atoms with Gasteiger partial charge in [-0.1, -0.05) is 5.16 Å². The van der Waals surface area contributed by atoms with Crippen LogP contribution in [0.2, 0.25) is 0 Å². The van der Waals surface area contributed by atoms with Gasteiger partial charge in [-0.15, -0.1) is 0 Å². The number of aromatic nitrogens is 1. The molecule has 5 nitrogen and oxygen atoms in total. The van der Waals surface area contributed by atoms with Crippen LogP contribution in [0, 0.1) is 12.8 Å². The highest BCUT2D eigenvalue weighted by Gasteiger charge is 2.36. The zero-order valence-electron chi connectivity index (χ0n) is 8.56. The first kappa shape index (κ1) is 10.2. The number of hydrogen-bond acceptors (Lipinski definition) is 4. The molecular weight excluding hydrogens is 196 g/mol. The predicted octanol–water partition coefficient (Wildman–Crippen LogP) is 0.936. The molecule has 82 valence electrons. The zero-order valence-corrected chi connectivity index (χ0v) is 8.56. The van der Waals surface area contributed by atoms with E-state index in [1.807, 2.05) is 13.0 Å². The number of hydrogen-bond donors (Lipinski definition) is 2. The Morgan fingerprint density at radius 1 is 1.73 bits per heavy atom. The van der Waals surface area contributed by atoms with Crippen molar-refractivity contribution < 1.29 is 14.4 Å². The van der Waals surface area contributed by atoms with Crippen molar-refractivity contribution in [3.05, 3.63) is 17.5 Å². The molecule has 2 atom stereocenters. The first-order valence-electron chi connectivity index (χ1n) is 5.05. The first-order chi connectivity index (χ1) is 7.16. The molecule has 1 fully saturated rings. The molecular formula is C10H14N2O3. The Labute approximate surface area is 87.5 Å². The smallest absolute Gasteiger partial charge is 0.308 e. The highest BCUT2D eigenvalue weighted by molar-refractivity contribution is 5.72. The molecule has 15 heavy (non-hydrogen) atoms. The molecule has 0 saturated heterocycles. The van der Waals surface area contributed by atoms with Gasteiger partial charge in [0.2, 0.25) is 0 Å². The summed E-state index contributed by atoms with van der Waals surface area (Å²) in [6, 6.07) is 1.93. The van der Waals surface area contributed by atoms with Crippen LogP contribution >= 0.6 is 0 Å². The Bertz CT molecular complexity index is 361. The SMILES string of the molecule is Cc1cc(CNC2CCC2C(=O)O)no1. The van der Waals surface area contributed by atoms with Gasteiger partial charge in [0.1, 0.15) is 5.76 Å².